The van der Waals surface area contributed by atoms with Crippen LogP contribution < -0.4 is 0 Å². The van der Waals surface area contributed by atoms with Crippen LogP contribution in [0.5, 0.6) is 0 Å². The Morgan fingerprint density at radius 2 is 1.51 bits per heavy atom. The molecule has 2 N–H and O–H groups in total. The van der Waals surface area contributed by atoms with E-state index in [2.05, 4.69) is 9.80 Å². The van der Waals surface area contributed by atoms with Crippen molar-refractivity contribution in [2.45, 2.75) is 31.0 Å². The second-order valence-electron chi connectivity index (χ2n) is 7.51. The highest BCUT2D eigenvalue weighted by Crippen LogP contribution is 2.22. The van der Waals surface area contributed by atoms with E-state index in [9.17, 15) is 30.7 Å². The molecule has 200 valence electrons. The van der Waals surface area contributed by atoms with Crippen molar-refractivity contribution in [3.63, 3.8) is 0 Å². The van der Waals surface area contributed by atoms with Gasteiger partial charge in [0, 0.05) is 45.4 Å². The van der Waals surface area contributed by atoms with Gasteiger partial charge in [-0.1, -0.05) is 12.1 Å². The SMILES string of the molecule is COCCN1C2COCC1CN(Cc1cccc(F)c1)C2.O=C(O)C(F)(F)F.O=C(O)C(F)(F)F. The van der Waals surface area contributed by atoms with E-state index in [-0.39, 0.29) is 5.82 Å². The molecule has 2 aliphatic rings. The Morgan fingerprint density at radius 3 is 1.91 bits per heavy atom. The van der Waals surface area contributed by atoms with Gasteiger partial charge in [0.25, 0.3) is 0 Å². The van der Waals surface area contributed by atoms with Gasteiger partial charge in [-0.15, -0.1) is 0 Å². The van der Waals surface area contributed by atoms with Crippen molar-refractivity contribution in [3.05, 3.63) is 35.6 Å². The van der Waals surface area contributed by atoms with E-state index in [0.29, 0.717) is 12.1 Å². The molecule has 2 atom stereocenters. The second kappa shape index (κ2) is 13.6. The third-order valence-corrected chi connectivity index (χ3v) is 4.83. The quantitative estimate of drug-likeness (QED) is 0.570. The molecule has 2 saturated heterocycles. The van der Waals surface area contributed by atoms with E-state index in [1.165, 1.54) is 6.07 Å². The summed E-state index contributed by atoms with van der Waals surface area (Å²) < 4.78 is 87.7. The van der Waals surface area contributed by atoms with Gasteiger partial charge in [0.05, 0.1) is 19.8 Å². The number of hydrogen-bond donors (Lipinski definition) is 2. The highest BCUT2D eigenvalue weighted by atomic mass is 19.4. The van der Waals surface area contributed by atoms with Crippen molar-refractivity contribution in [1.82, 2.24) is 9.80 Å². The first-order valence-corrected chi connectivity index (χ1v) is 10.0. The lowest BCUT2D eigenvalue weighted by molar-refractivity contribution is -0.193. The number of ether oxygens (including phenoxy) is 2. The van der Waals surface area contributed by atoms with Gasteiger partial charge in [-0.25, -0.2) is 14.0 Å². The number of nitrogens with zero attached hydrogens (tertiary/aromatic N) is 2. The molecule has 0 aromatic heterocycles. The van der Waals surface area contributed by atoms with E-state index in [1.807, 2.05) is 6.07 Å². The van der Waals surface area contributed by atoms with Gasteiger partial charge in [0.15, 0.2) is 0 Å². The predicted molar refractivity (Wildman–Crippen MR) is 106 cm³/mol. The molecule has 2 heterocycles. The van der Waals surface area contributed by atoms with Gasteiger partial charge in [0.1, 0.15) is 5.82 Å². The lowest BCUT2D eigenvalue weighted by atomic mass is 10.0. The largest absolute Gasteiger partial charge is 0.490 e. The van der Waals surface area contributed by atoms with Gasteiger partial charge in [-0.05, 0) is 17.7 Å². The molecule has 0 aliphatic carbocycles. The summed E-state index contributed by atoms with van der Waals surface area (Å²) in [7, 11) is 1.74. The molecule has 0 radical (unpaired) electrons. The van der Waals surface area contributed by atoms with Crippen LogP contribution >= 0.6 is 0 Å². The third-order valence-electron chi connectivity index (χ3n) is 4.83. The standard InChI is InChI=1S/C16H23FN2O2.2C2HF3O2/c1-20-6-5-19-15-9-18(10-16(19)12-21-11-15)8-13-3-2-4-14(17)7-13;2*3-2(4,5)1(6)7/h2-4,7,15-16H,5-6,8-12H2,1H3;2*(H,6,7). The number of halogens is 7. The zero-order chi connectivity index (χ0) is 26.8. The Kier molecular flexibility index (Phi) is 11.8. The average molecular weight is 522 g/mol. The number of benzene rings is 1. The molecule has 0 saturated carbocycles. The fourth-order valence-corrected chi connectivity index (χ4v) is 3.40. The van der Waals surface area contributed by atoms with Gasteiger partial charge >= 0.3 is 24.3 Å². The van der Waals surface area contributed by atoms with E-state index in [4.69, 9.17) is 29.3 Å². The van der Waals surface area contributed by atoms with Crippen molar-refractivity contribution < 1.29 is 60.0 Å². The number of morpholine rings is 1. The van der Waals surface area contributed by atoms with Crippen molar-refractivity contribution in [2.24, 2.45) is 0 Å². The van der Waals surface area contributed by atoms with E-state index >= 15 is 0 Å². The minimum absolute atomic E-state index is 0.158. The Morgan fingerprint density at radius 1 is 1.03 bits per heavy atom. The summed E-state index contributed by atoms with van der Waals surface area (Å²) in [4.78, 5) is 22.7. The number of methoxy groups -OCH3 is 1. The molecule has 0 spiro atoms. The maximum absolute atomic E-state index is 13.3. The van der Waals surface area contributed by atoms with Crippen molar-refractivity contribution in [2.75, 3.05) is 46.6 Å². The van der Waals surface area contributed by atoms with Crippen molar-refractivity contribution in [3.8, 4) is 0 Å². The minimum Gasteiger partial charge on any atom is -0.475 e. The van der Waals surface area contributed by atoms with Crippen LogP contribution in [0.15, 0.2) is 24.3 Å². The molecule has 1 aromatic rings. The van der Waals surface area contributed by atoms with E-state index in [0.717, 1.165) is 51.6 Å². The molecule has 15 heteroatoms. The van der Waals surface area contributed by atoms with Crippen LogP contribution in [0.4, 0.5) is 30.7 Å². The van der Waals surface area contributed by atoms with Gasteiger partial charge < -0.3 is 19.7 Å². The monoisotopic (exact) mass is 522 g/mol. The fraction of sp³-hybridized carbons (Fsp3) is 0.600. The van der Waals surface area contributed by atoms with Crippen LogP contribution in [-0.4, -0.2) is 103 Å². The first-order chi connectivity index (χ1) is 16.1. The maximum atomic E-state index is 13.3. The van der Waals surface area contributed by atoms with Crippen LogP contribution in [0, 0.1) is 5.82 Å². The van der Waals surface area contributed by atoms with Crippen LogP contribution in [-0.2, 0) is 25.6 Å². The predicted octanol–water partition coefficient (Wildman–Crippen LogP) is 2.62. The van der Waals surface area contributed by atoms with Crippen LogP contribution in [0.1, 0.15) is 5.56 Å². The number of carboxylic acids is 2. The highest BCUT2D eigenvalue weighted by Gasteiger charge is 2.39. The average Bonchev–Trinajstić information content (AvgIpc) is 2.71. The molecular weight excluding hydrogens is 497 g/mol. The zero-order valence-electron chi connectivity index (χ0n) is 18.5. The summed E-state index contributed by atoms with van der Waals surface area (Å²) >= 11 is 0. The minimum atomic E-state index is -5.08. The number of piperazine rings is 1. The molecule has 35 heavy (non-hydrogen) atoms. The topological polar surface area (TPSA) is 99.5 Å². The van der Waals surface area contributed by atoms with E-state index in [1.54, 1.807) is 19.2 Å². The van der Waals surface area contributed by atoms with Crippen molar-refractivity contribution in [1.29, 1.82) is 0 Å². The number of carbonyl (C=O) groups is 2. The molecular formula is C20H25F7N2O6. The summed E-state index contributed by atoms with van der Waals surface area (Å²) in [5.41, 5.74) is 1.04. The smallest absolute Gasteiger partial charge is 0.475 e. The van der Waals surface area contributed by atoms with E-state index < -0.39 is 24.3 Å². The Hall–Kier alpha value is -2.49. The number of hydrogen-bond acceptors (Lipinski definition) is 6. The summed E-state index contributed by atoms with van der Waals surface area (Å²) in [6, 6.07) is 7.73. The number of aliphatic carboxylic acids is 2. The maximum Gasteiger partial charge on any atom is 0.490 e. The first kappa shape index (κ1) is 30.5. The number of fused-ring (bicyclic) bond motifs is 2. The number of rotatable bonds is 5. The molecule has 2 bridgehead atoms. The van der Waals surface area contributed by atoms with Gasteiger partial charge in [-0.2, -0.15) is 26.3 Å². The Labute approximate surface area is 195 Å². The summed E-state index contributed by atoms with van der Waals surface area (Å²) in [6.07, 6.45) is -10.2. The van der Waals surface area contributed by atoms with Gasteiger partial charge in [-0.3, -0.25) is 9.80 Å². The zero-order valence-corrected chi connectivity index (χ0v) is 18.5. The normalized spacial score (nSPS) is 20.7. The highest BCUT2D eigenvalue weighted by molar-refractivity contribution is 5.73. The van der Waals surface area contributed by atoms with Gasteiger partial charge in [0.2, 0.25) is 0 Å². The molecule has 1 aromatic carbocycles. The van der Waals surface area contributed by atoms with Crippen molar-refractivity contribution >= 4 is 11.9 Å². The van der Waals surface area contributed by atoms with Crippen LogP contribution in [0.25, 0.3) is 0 Å². The lowest BCUT2D eigenvalue weighted by Crippen LogP contribution is -2.64. The first-order valence-electron chi connectivity index (χ1n) is 10.0. The molecule has 2 fully saturated rings. The third kappa shape index (κ3) is 11.2. The molecule has 2 unspecified atom stereocenters. The number of alkyl halides is 6. The fourth-order valence-electron chi connectivity index (χ4n) is 3.40. The second-order valence-corrected chi connectivity index (χ2v) is 7.51. The summed E-state index contributed by atoms with van der Waals surface area (Å²) in [5.74, 6) is -5.67. The Balaban J connectivity index is 0.000000362. The molecule has 2 aliphatic heterocycles. The van der Waals surface area contributed by atoms with Crippen LogP contribution in [0.2, 0.25) is 0 Å². The van der Waals surface area contributed by atoms with Crippen LogP contribution in [0.3, 0.4) is 0 Å². The Bertz CT molecular complexity index is 784. The lowest BCUT2D eigenvalue weighted by Gasteiger charge is -2.49. The molecule has 3 rings (SSSR count). The summed E-state index contributed by atoms with van der Waals surface area (Å²) in [6.45, 7) is 6.02. The molecule has 8 nitrogen and oxygen atoms in total. The number of carboxylic acid groups (broad SMARTS) is 2. The molecule has 0 amide bonds. The summed E-state index contributed by atoms with van der Waals surface area (Å²) in [5, 5.41) is 14.2.